The fraction of sp³-hybridized carbons (Fsp3) is 0.370. The Balaban J connectivity index is 1.35. The van der Waals surface area contributed by atoms with Crippen LogP contribution in [0.25, 0.3) is 11.1 Å². The van der Waals surface area contributed by atoms with Crippen molar-refractivity contribution in [2.75, 3.05) is 25.1 Å². The summed E-state index contributed by atoms with van der Waals surface area (Å²) < 4.78 is 25.5. The van der Waals surface area contributed by atoms with Crippen molar-refractivity contribution in [2.24, 2.45) is 5.92 Å². The standard InChI is InChI=1S/C27H29FN2O3/c1-27(2)22(14-24(33-27)25-21-13-20(28)7-8-23(21)30-26(25)31)19-5-3-17(4-6-19)15-29-16-18-9-11-32-12-10-18/h3-8,13-14,18,29H,9-12,15-16H2,1-2H3,(H,30,31). The van der Waals surface area contributed by atoms with Crippen LogP contribution in [-0.4, -0.2) is 31.3 Å². The molecule has 0 aromatic heterocycles. The van der Waals surface area contributed by atoms with Crippen LogP contribution >= 0.6 is 0 Å². The molecule has 6 heteroatoms. The number of hydrogen-bond donors (Lipinski definition) is 2. The van der Waals surface area contributed by atoms with Crippen molar-refractivity contribution in [3.05, 3.63) is 76.8 Å². The Labute approximate surface area is 193 Å². The lowest BCUT2D eigenvalue weighted by atomic mass is 9.91. The molecule has 2 aromatic carbocycles. The number of carbonyl (C=O) groups is 1. The normalized spacial score (nSPS) is 22.0. The molecule has 3 heterocycles. The van der Waals surface area contributed by atoms with Gasteiger partial charge >= 0.3 is 0 Å². The number of hydrogen-bond acceptors (Lipinski definition) is 4. The van der Waals surface area contributed by atoms with E-state index in [9.17, 15) is 9.18 Å². The van der Waals surface area contributed by atoms with Crippen LogP contribution in [0.2, 0.25) is 0 Å². The topological polar surface area (TPSA) is 59.6 Å². The zero-order chi connectivity index (χ0) is 23.0. The highest BCUT2D eigenvalue weighted by atomic mass is 19.1. The maximum absolute atomic E-state index is 13.8. The smallest absolute Gasteiger partial charge is 0.260 e. The first-order chi connectivity index (χ1) is 15.9. The Kier molecular flexibility index (Phi) is 5.81. The summed E-state index contributed by atoms with van der Waals surface area (Å²) in [5.41, 5.74) is 4.16. The van der Waals surface area contributed by atoms with E-state index in [0.717, 1.165) is 50.3 Å². The van der Waals surface area contributed by atoms with E-state index >= 15 is 0 Å². The minimum absolute atomic E-state index is 0.273. The van der Waals surface area contributed by atoms with Crippen LogP contribution in [0.4, 0.5) is 10.1 Å². The summed E-state index contributed by atoms with van der Waals surface area (Å²) >= 11 is 0. The average Bonchev–Trinajstić information content (AvgIpc) is 3.29. The van der Waals surface area contributed by atoms with Crippen LogP contribution in [0.1, 0.15) is 43.4 Å². The Morgan fingerprint density at radius 3 is 2.64 bits per heavy atom. The number of amides is 1. The minimum Gasteiger partial charge on any atom is -0.482 e. The molecule has 0 atom stereocenters. The molecule has 2 N–H and O–H groups in total. The molecule has 1 saturated heterocycles. The summed E-state index contributed by atoms with van der Waals surface area (Å²) in [6.45, 7) is 7.54. The Morgan fingerprint density at radius 2 is 1.88 bits per heavy atom. The Hall–Kier alpha value is -2.96. The lowest BCUT2D eigenvalue weighted by Crippen LogP contribution is -2.27. The van der Waals surface area contributed by atoms with Crippen molar-refractivity contribution in [3.8, 4) is 0 Å². The highest BCUT2D eigenvalue weighted by Gasteiger charge is 2.38. The number of ether oxygens (including phenoxy) is 2. The number of benzene rings is 2. The molecule has 1 fully saturated rings. The molecule has 2 aromatic rings. The lowest BCUT2D eigenvalue weighted by molar-refractivity contribution is -0.111. The van der Waals surface area contributed by atoms with E-state index in [0.29, 0.717) is 28.5 Å². The number of anilines is 1. The van der Waals surface area contributed by atoms with Gasteiger partial charge in [0.25, 0.3) is 5.91 Å². The molecule has 172 valence electrons. The maximum atomic E-state index is 13.8. The molecule has 0 radical (unpaired) electrons. The van der Waals surface area contributed by atoms with Crippen LogP contribution < -0.4 is 10.6 Å². The number of fused-ring (bicyclic) bond motifs is 1. The van der Waals surface area contributed by atoms with Gasteiger partial charge in [-0.1, -0.05) is 24.3 Å². The van der Waals surface area contributed by atoms with Gasteiger partial charge in [-0.2, -0.15) is 0 Å². The Morgan fingerprint density at radius 1 is 1.12 bits per heavy atom. The summed E-state index contributed by atoms with van der Waals surface area (Å²) in [6, 6.07) is 12.7. The number of rotatable bonds is 5. The van der Waals surface area contributed by atoms with Crippen molar-refractivity contribution in [1.29, 1.82) is 0 Å². The highest BCUT2D eigenvalue weighted by Crippen LogP contribution is 2.44. The first kappa shape index (κ1) is 21.9. The number of carbonyl (C=O) groups excluding carboxylic acids is 1. The molecule has 5 rings (SSSR count). The molecule has 5 nitrogen and oxygen atoms in total. The second kappa shape index (κ2) is 8.76. The highest BCUT2D eigenvalue weighted by molar-refractivity contribution is 6.32. The van der Waals surface area contributed by atoms with Gasteiger partial charge in [-0.25, -0.2) is 4.39 Å². The number of halogens is 1. The Bertz CT molecular complexity index is 1130. The minimum atomic E-state index is -0.610. The zero-order valence-corrected chi connectivity index (χ0v) is 19.0. The largest absolute Gasteiger partial charge is 0.482 e. The summed E-state index contributed by atoms with van der Waals surface area (Å²) in [7, 11) is 0. The first-order valence-corrected chi connectivity index (χ1v) is 11.6. The van der Waals surface area contributed by atoms with Gasteiger partial charge in [0.05, 0.1) is 5.57 Å². The summed E-state index contributed by atoms with van der Waals surface area (Å²) in [5, 5.41) is 6.36. The van der Waals surface area contributed by atoms with Crippen molar-refractivity contribution < 1.29 is 18.7 Å². The van der Waals surface area contributed by atoms with Gasteiger partial charge in [-0.15, -0.1) is 0 Å². The average molecular weight is 449 g/mol. The second-order valence-corrected chi connectivity index (χ2v) is 9.44. The van der Waals surface area contributed by atoms with Crippen LogP contribution in [-0.2, 0) is 20.8 Å². The number of allylic oxidation sites excluding steroid dienone is 1. The molecular formula is C27H29FN2O3. The van der Waals surface area contributed by atoms with Gasteiger partial charge < -0.3 is 20.1 Å². The van der Waals surface area contributed by atoms with E-state index in [2.05, 4.69) is 34.9 Å². The van der Waals surface area contributed by atoms with Gasteiger partial charge in [-0.3, -0.25) is 4.79 Å². The van der Waals surface area contributed by atoms with Gasteiger partial charge in [-0.05, 0) is 74.6 Å². The molecule has 0 spiro atoms. The fourth-order valence-electron chi connectivity index (χ4n) is 4.78. The molecule has 0 aliphatic carbocycles. The van der Waals surface area contributed by atoms with Gasteiger partial charge in [0.15, 0.2) is 0 Å². The quantitative estimate of drug-likeness (QED) is 0.639. The van der Waals surface area contributed by atoms with Gasteiger partial charge in [0.1, 0.15) is 17.2 Å². The fourth-order valence-corrected chi connectivity index (χ4v) is 4.78. The molecule has 3 aliphatic rings. The summed E-state index contributed by atoms with van der Waals surface area (Å²) in [4.78, 5) is 12.6. The molecule has 1 amide bonds. The molecule has 0 unspecified atom stereocenters. The monoisotopic (exact) mass is 448 g/mol. The van der Waals surface area contributed by atoms with Crippen molar-refractivity contribution in [2.45, 2.75) is 38.8 Å². The van der Waals surface area contributed by atoms with E-state index in [-0.39, 0.29) is 11.7 Å². The SMILES string of the molecule is CC1(C)OC(=C2C(=O)Nc3ccc(F)cc32)C=C1c1ccc(CNCC2CCOCC2)cc1. The second-order valence-electron chi connectivity index (χ2n) is 9.44. The molecular weight excluding hydrogens is 419 g/mol. The van der Waals surface area contributed by atoms with E-state index < -0.39 is 5.60 Å². The van der Waals surface area contributed by atoms with Crippen molar-refractivity contribution >= 4 is 22.7 Å². The van der Waals surface area contributed by atoms with E-state index in [1.54, 1.807) is 6.07 Å². The van der Waals surface area contributed by atoms with Crippen LogP contribution in [0.15, 0.2) is 54.3 Å². The van der Waals surface area contributed by atoms with Crippen LogP contribution in [0.5, 0.6) is 0 Å². The molecule has 3 aliphatic heterocycles. The third-order valence-corrected chi connectivity index (χ3v) is 6.63. The van der Waals surface area contributed by atoms with Crippen molar-refractivity contribution in [3.63, 3.8) is 0 Å². The number of nitrogens with one attached hydrogen (secondary N) is 2. The molecule has 0 saturated carbocycles. The van der Waals surface area contributed by atoms with Crippen LogP contribution in [0.3, 0.4) is 0 Å². The predicted octanol–water partition coefficient (Wildman–Crippen LogP) is 4.90. The van der Waals surface area contributed by atoms with E-state index in [4.69, 9.17) is 9.47 Å². The maximum Gasteiger partial charge on any atom is 0.260 e. The van der Waals surface area contributed by atoms with E-state index in [1.807, 2.05) is 19.9 Å². The zero-order valence-electron chi connectivity index (χ0n) is 19.0. The van der Waals surface area contributed by atoms with Gasteiger partial charge in [0, 0.05) is 36.6 Å². The first-order valence-electron chi connectivity index (χ1n) is 11.6. The molecule has 0 bridgehead atoms. The predicted molar refractivity (Wildman–Crippen MR) is 127 cm³/mol. The molecule has 33 heavy (non-hydrogen) atoms. The van der Waals surface area contributed by atoms with E-state index in [1.165, 1.54) is 17.7 Å². The van der Waals surface area contributed by atoms with Gasteiger partial charge in [0.2, 0.25) is 0 Å². The lowest BCUT2D eigenvalue weighted by Gasteiger charge is -2.24. The third-order valence-electron chi connectivity index (χ3n) is 6.63. The van der Waals surface area contributed by atoms with Crippen LogP contribution in [0, 0.1) is 11.7 Å². The van der Waals surface area contributed by atoms with Crippen molar-refractivity contribution in [1.82, 2.24) is 5.32 Å². The summed E-state index contributed by atoms with van der Waals surface area (Å²) in [6.07, 6.45) is 4.16. The summed E-state index contributed by atoms with van der Waals surface area (Å²) in [5.74, 6) is 0.507. The third kappa shape index (κ3) is 4.45.